The van der Waals surface area contributed by atoms with Crippen LogP contribution >= 0.6 is 0 Å². The van der Waals surface area contributed by atoms with Gasteiger partial charge >= 0.3 is 0 Å². The van der Waals surface area contributed by atoms with Gasteiger partial charge in [-0.15, -0.1) is 0 Å². The quantitative estimate of drug-likeness (QED) is 0.831. The molecule has 1 saturated heterocycles. The number of carbonyl (C=O) groups excluding carboxylic acids is 1. The zero-order valence-corrected chi connectivity index (χ0v) is 17.0. The van der Waals surface area contributed by atoms with E-state index in [1.807, 2.05) is 24.3 Å². The Morgan fingerprint density at radius 3 is 2.29 bits per heavy atom. The summed E-state index contributed by atoms with van der Waals surface area (Å²) in [5.41, 5.74) is 3.61. The van der Waals surface area contributed by atoms with Gasteiger partial charge in [-0.1, -0.05) is 45.0 Å². The molecular formula is C23H30N2O3. The molecule has 0 bridgehead atoms. The number of benzene rings is 2. The van der Waals surface area contributed by atoms with Crippen molar-refractivity contribution in [3.63, 3.8) is 0 Å². The second kappa shape index (κ2) is 9.11. The Kier molecular flexibility index (Phi) is 6.57. The summed E-state index contributed by atoms with van der Waals surface area (Å²) >= 11 is 0. The van der Waals surface area contributed by atoms with Gasteiger partial charge in [0, 0.05) is 25.3 Å². The maximum atomic E-state index is 12.1. The van der Waals surface area contributed by atoms with Crippen LogP contribution in [0.15, 0.2) is 48.5 Å². The number of anilines is 1. The van der Waals surface area contributed by atoms with Gasteiger partial charge in [0.05, 0.1) is 13.2 Å². The summed E-state index contributed by atoms with van der Waals surface area (Å²) in [6.07, 6.45) is 0. The molecule has 3 rings (SSSR count). The number of hydrogen-bond donors (Lipinski definition) is 1. The van der Waals surface area contributed by atoms with Crippen LogP contribution in [-0.2, 0) is 21.5 Å². The molecule has 0 atom stereocenters. The van der Waals surface area contributed by atoms with Gasteiger partial charge in [0.1, 0.15) is 5.75 Å². The van der Waals surface area contributed by atoms with E-state index in [9.17, 15) is 4.79 Å². The van der Waals surface area contributed by atoms with Crippen LogP contribution in [0.4, 0.5) is 5.69 Å². The zero-order chi connectivity index (χ0) is 20.0. The van der Waals surface area contributed by atoms with Crippen molar-refractivity contribution < 1.29 is 14.3 Å². The predicted molar refractivity (Wildman–Crippen MR) is 112 cm³/mol. The lowest BCUT2D eigenvalue weighted by Gasteiger charge is -2.28. The number of nitrogens with one attached hydrogen (secondary N) is 1. The molecule has 1 aliphatic heterocycles. The van der Waals surface area contributed by atoms with Crippen molar-refractivity contribution in [3.8, 4) is 5.75 Å². The summed E-state index contributed by atoms with van der Waals surface area (Å²) < 4.78 is 11.0. The molecule has 0 radical (unpaired) electrons. The standard InChI is InChI=1S/C23H30N2O3/c1-23(2,3)19-6-10-21(11-7-19)28-17-22(26)24-16-18-4-8-20(9-5-18)25-12-14-27-15-13-25/h4-11H,12-17H2,1-3H3,(H,24,26). The predicted octanol–water partition coefficient (Wildman–Crippen LogP) is 3.52. The third-order valence-electron chi connectivity index (χ3n) is 4.89. The summed E-state index contributed by atoms with van der Waals surface area (Å²) in [6, 6.07) is 16.2. The van der Waals surface area contributed by atoms with E-state index in [1.54, 1.807) is 0 Å². The SMILES string of the molecule is CC(C)(C)c1ccc(OCC(=O)NCc2ccc(N3CCOCC3)cc2)cc1. The first kappa shape index (κ1) is 20.2. The molecule has 0 spiro atoms. The molecule has 0 saturated carbocycles. The minimum Gasteiger partial charge on any atom is -0.484 e. The summed E-state index contributed by atoms with van der Waals surface area (Å²) in [5, 5.41) is 2.91. The highest BCUT2D eigenvalue weighted by atomic mass is 16.5. The maximum absolute atomic E-state index is 12.1. The first-order chi connectivity index (χ1) is 13.4. The van der Waals surface area contributed by atoms with Gasteiger partial charge in [-0.3, -0.25) is 4.79 Å². The summed E-state index contributed by atoms with van der Waals surface area (Å²) in [4.78, 5) is 14.4. The number of carbonyl (C=O) groups is 1. The van der Waals surface area contributed by atoms with E-state index in [-0.39, 0.29) is 17.9 Å². The van der Waals surface area contributed by atoms with Crippen molar-refractivity contribution in [1.82, 2.24) is 5.32 Å². The third kappa shape index (κ3) is 5.73. The number of rotatable bonds is 6. The van der Waals surface area contributed by atoms with Gasteiger partial charge in [-0.25, -0.2) is 0 Å². The molecule has 2 aromatic carbocycles. The summed E-state index contributed by atoms with van der Waals surface area (Å²) in [7, 11) is 0. The summed E-state index contributed by atoms with van der Waals surface area (Å²) in [5.74, 6) is 0.579. The lowest BCUT2D eigenvalue weighted by atomic mass is 9.87. The van der Waals surface area contributed by atoms with Crippen molar-refractivity contribution in [2.24, 2.45) is 0 Å². The molecule has 0 aromatic heterocycles. The zero-order valence-electron chi connectivity index (χ0n) is 17.0. The third-order valence-corrected chi connectivity index (χ3v) is 4.89. The van der Waals surface area contributed by atoms with Gasteiger partial charge in [0.25, 0.3) is 5.91 Å². The summed E-state index contributed by atoms with van der Waals surface area (Å²) in [6.45, 7) is 10.4. The Labute approximate surface area is 167 Å². The lowest BCUT2D eigenvalue weighted by molar-refractivity contribution is -0.123. The Bertz CT molecular complexity index is 758. The van der Waals surface area contributed by atoms with E-state index < -0.39 is 0 Å². The van der Waals surface area contributed by atoms with Gasteiger partial charge in [-0.2, -0.15) is 0 Å². The Hall–Kier alpha value is -2.53. The fourth-order valence-electron chi connectivity index (χ4n) is 3.10. The molecule has 1 heterocycles. The number of morpholine rings is 1. The van der Waals surface area contributed by atoms with Gasteiger partial charge in [0.15, 0.2) is 6.61 Å². The Balaban J connectivity index is 1.42. The van der Waals surface area contributed by atoms with E-state index in [2.05, 4.69) is 55.3 Å². The second-order valence-corrected chi connectivity index (χ2v) is 8.11. The molecule has 5 heteroatoms. The normalized spacial score (nSPS) is 14.6. The van der Waals surface area contributed by atoms with Gasteiger partial charge < -0.3 is 19.7 Å². The smallest absolute Gasteiger partial charge is 0.258 e. The highest BCUT2D eigenvalue weighted by molar-refractivity contribution is 5.77. The highest BCUT2D eigenvalue weighted by Gasteiger charge is 2.13. The van der Waals surface area contributed by atoms with Crippen molar-refractivity contribution in [2.75, 3.05) is 37.8 Å². The van der Waals surface area contributed by atoms with Crippen LogP contribution in [-0.4, -0.2) is 38.8 Å². The molecule has 0 unspecified atom stereocenters. The molecular weight excluding hydrogens is 352 g/mol. The Morgan fingerprint density at radius 1 is 1.04 bits per heavy atom. The molecule has 2 aromatic rings. The molecule has 1 aliphatic rings. The van der Waals surface area contributed by atoms with E-state index >= 15 is 0 Å². The van der Waals surface area contributed by atoms with Crippen LogP contribution in [0.25, 0.3) is 0 Å². The molecule has 1 amide bonds. The number of ether oxygens (including phenoxy) is 2. The van der Waals surface area contributed by atoms with Crippen molar-refractivity contribution in [1.29, 1.82) is 0 Å². The largest absolute Gasteiger partial charge is 0.484 e. The fourth-order valence-corrected chi connectivity index (χ4v) is 3.10. The van der Waals surface area contributed by atoms with Crippen LogP contribution in [0.5, 0.6) is 5.75 Å². The first-order valence-corrected chi connectivity index (χ1v) is 9.83. The lowest BCUT2D eigenvalue weighted by Crippen LogP contribution is -2.36. The van der Waals surface area contributed by atoms with E-state index in [4.69, 9.17) is 9.47 Å². The second-order valence-electron chi connectivity index (χ2n) is 8.11. The monoisotopic (exact) mass is 382 g/mol. The van der Waals surface area contributed by atoms with Crippen LogP contribution in [0.1, 0.15) is 31.9 Å². The van der Waals surface area contributed by atoms with Crippen molar-refractivity contribution in [3.05, 3.63) is 59.7 Å². The molecule has 0 aliphatic carbocycles. The van der Waals surface area contributed by atoms with E-state index in [0.29, 0.717) is 12.3 Å². The van der Waals surface area contributed by atoms with E-state index in [1.165, 1.54) is 11.3 Å². The fraction of sp³-hybridized carbons (Fsp3) is 0.435. The van der Waals surface area contributed by atoms with Gasteiger partial charge in [0.2, 0.25) is 0 Å². The molecule has 150 valence electrons. The van der Waals surface area contributed by atoms with Crippen LogP contribution in [0.2, 0.25) is 0 Å². The maximum Gasteiger partial charge on any atom is 0.258 e. The molecule has 28 heavy (non-hydrogen) atoms. The average Bonchev–Trinajstić information content (AvgIpc) is 2.71. The van der Waals surface area contributed by atoms with Crippen LogP contribution in [0, 0.1) is 0 Å². The first-order valence-electron chi connectivity index (χ1n) is 9.83. The molecule has 5 nitrogen and oxygen atoms in total. The van der Waals surface area contributed by atoms with Crippen LogP contribution in [0.3, 0.4) is 0 Å². The topological polar surface area (TPSA) is 50.8 Å². The van der Waals surface area contributed by atoms with Gasteiger partial charge in [-0.05, 0) is 40.8 Å². The number of hydrogen-bond acceptors (Lipinski definition) is 4. The van der Waals surface area contributed by atoms with Crippen molar-refractivity contribution in [2.45, 2.75) is 32.7 Å². The minimum absolute atomic E-state index is 0.0146. The Morgan fingerprint density at radius 2 is 1.68 bits per heavy atom. The molecule has 1 fully saturated rings. The highest BCUT2D eigenvalue weighted by Crippen LogP contribution is 2.24. The number of amides is 1. The average molecular weight is 383 g/mol. The molecule has 1 N–H and O–H groups in total. The minimum atomic E-state index is -0.128. The number of nitrogens with zero attached hydrogens (tertiary/aromatic N) is 1. The van der Waals surface area contributed by atoms with Crippen LogP contribution < -0.4 is 15.0 Å². The van der Waals surface area contributed by atoms with E-state index in [0.717, 1.165) is 31.9 Å². The van der Waals surface area contributed by atoms with Crippen molar-refractivity contribution >= 4 is 11.6 Å².